The van der Waals surface area contributed by atoms with Crippen molar-refractivity contribution in [3.63, 3.8) is 0 Å². The molecule has 106 valence electrons. The molecule has 0 saturated carbocycles. The maximum absolute atomic E-state index is 11.6. The average Bonchev–Trinajstić information content (AvgIpc) is 2.41. The average molecular weight is 314 g/mol. The van der Waals surface area contributed by atoms with Crippen LogP contribution in [0.4, 0.5) is 5.69 Å². The smallest absolute Gasteiger partial charge is 0.331 e. The van der Waals surface area contributed by atoms with Crippen LogP contribution in [0.1, 0.15) is 6.92 Å². The van der Waals surface area contributed by atoms with E-state index in [4.69, 9.17) is 27.9 Å². The largest absolute Gasteiger partial charge is 0.452 e. The molecule has 1 amide bonds. The molecule has 0 aromatic heterocycles. The highest BCUT2D eigenvalue weighted by Crippen LogP contribution is 2.29. The maximum Gasteiger partial charge on any atom is 0.331 e. The lowest BCUT2D eigenvalue weighted by atomic mass is 10.3. The third-order valence-corrected chi connectivity index (χ3v) is 2.74. The third-order valence-electron chi connectivity index (χ3n) is 2.11. The van der Waals surface area contributed by atoms with Crippen molar-refractivity contribution in [2.45, 2.75) is 6.92 Å². The Balaban J connectivity index is 2.50. The maximum atomic E-state index is 11.6. The fourth-order valence-corrected chi connectivity index (χ4v) is 1.71. The van der Waals surface area contributed by atoms with Gasteiger partial charge in [0.05, 0.1) is 15.7 Å². The molecular formula is C14H13Cl2NO3. The van der Waals surface area contributed by atoms with Crippen molar-refractivity contribution < 1.29 is 14.3 Å². The van der Waals surface area contributed by atoms with Crippen LogP contribution in [0.15, 0.2) is 42.5 Å². The van der Waals surface area contributed by atoms with Crippen LogP contribution in [0, 0.1) is 0 Å². The molecule has 4 nitrogen and oxygen atoms in total. The summed E-state index contributed by atoms with van der Waals surface area (Å²) >= 11 is 11.8. The molecule has 0 atom stereocenters. The molecule has 6 heteroatoms. The standard InChI is InChI=1S/C14H13Cl2NO3/c1-2-3-4-8-13(19)20-9-12(18)17-14-10(15)6-5-7-11(14)16/h2-8H,9H2,1H3,(H,17,18)/b3-2+,8-4+. The summed E-state index contributed by atoms with van der Waals surface area (Å²) in [5.41, 5.74) is 0.293. The number of allylic oxidation sites excluding steroid dienone is 3. The molecule has 1 aromatic rings. The summed E-state index contributed by atoms with van der Waals surface area (Å²) in [5, 5.41) is 3.10. The van der Waals surface area contributed by atoms with Gasteiger partial charge in [0.1, 0.15) is 0 Å². The number of hydrogen-bond donors (Lipinski definition) is 1. The topological polar surface area (TPSA) is 55.4 Å². The van der Waals surface area contributed by atoms with Crippen LogP contribution in [-0.4, -0.2) is 18.5 Å². The zero-order chi connectivity index (χ0) is 15.0. The molecule has 0 bridgehead atoms. The van der Waals surface area contributed by atoms with Gasteiger partial charge in [-0.15, -0.1) is 0 Å². The molecule has 1 aromatic carbocycles. The molecule has 0 aliphatic carbocycles. The molecule has 0 fully saturated rings. The van der Waals surface area contributed by atoms with Crippen LogP contribution in [0.5, 0.6) is 0 Å². The predicted molar refractivity (Wildman–Crippen MR) is 80.0 cm³/mol. The number of nitrogens with one attached hydrogen (secondary N) is 1. The van der Waals surface area contributed by atoms with Crippen molar-refractivity contribution in [2.24, 2.45) is 0 Å². The van der Waals surface area contributed by atoms with Crippen molar-refractivity contribution in [1.29, 1.82) is 0 Å². The van der Waals surface area contributed by atoms with E-state index < -0.39 is 18.5 Å². The highest BCUT2D eigenvalue weighted by Gasteiger charge is 2.10. The van der Waals surface area contributed by atoms with Gasteiger partial charge in [-0.25, -0.2) is 4.79 Å². The first-order valence-electron chi connectivity index (χ1n) is 5.74. The number of halogens is 2. The van der Waals surface area contributed by atoms with E-state index in [1.807, 2.05) is 6.92 Å². The Kier molecular flexibility index (Phi) is 6.84. The van der Waals surface area contributed by atoms with Crippen LogP contribution in [-0.2, 0) is 14.3 Å². The quantitative estimate of drug-likeness (QED) is 0.513. The Labute approximate surface area is 127 Å². The van der Waals surface area contributed by atoms with Gasteiger partial charge >= 0.3 is 5.97 Å². The molecule has 1 rings (SSSR count). The van der Waals surface area contributed by atoms with Gasteiger partial charge in [0.2, 0.25) is 0 Å². The Morgan fingerprint density at radius 2 is 1.90 bits per heavy atom. The minimum Gasteiger partial charge on any atom is -0.452 e. The minimum atomic E-state index is -0.608. The second kappa shape index (κ2) is 8.40. The van der Waals surface area contributed by atoms with Crippen molar-refractivity contribution in [2.75, 3.05) is 11.9 Å². The molecule has 0 unspecified atom stereocenters. The number of carbonyl (C=O) groups is 2. The first-order valence-corrected chi connectivity index (χ1v) is 6.50. The SMILES string of the molecule is C/C=C/C=C/C(=O)OCC(=O)Nc1c(Cl)cccc1Cl. The minimum absolute atomic E-state index is 0.293. The molecule has 0 saturated heterocycles. The number of anilines is 1. The molecule has 0 heterocycles. The predicted octanol–water partition coefficient (Wildman–Crippen LogP) is 3.61. The summed E-state index contributed by atoms with van der Waals surface area (Å²) < 4.78 is 4.74. The summed E-state index contributed by atoms with van der Waals surface area (Å²) in [5.74, 6) is -1.13. The lowest BCUT2D eigenvalue weighted by Crippen LogP contribution is -2.20. The lowest BCUT2D eigenvalue weighted by molar-refractivity contribution is -0.142. The van der Waals surface area contributed by atoms with Gasteiger partial charge < -0.3 is 10.1 Å². The summed E-state index contributed by atoms with van der Waals surface area (Å²) in [6.45, 7) is 1.40. The second-order valence-corrected chi connectivity index (χ2v) is 4.45. The third kappa shape index (κ3) is 5.47. The van der Waals surface area contributed by atoms with E-state index in [2.05, 4.69) is 5.32 Å². The Bertz CT molecular complexity index is 533. The Morgan fingerprint density at radius 3 is 2.50 bits per heavy atom. The highest BCUT2D eigenvalue weighted by molar-refractivity contribution is 6.39. The molecule has 0 aliphatic heterocycles. The number of esters is 1. The van der Waals surface area contributed by atoms with Gasteiger partial charge in [-0.1, -0.05) is 47.5 Å². The number of benzene rings is 1. The Hall–Kier alpha value is -1.78. The fraction of sp³-hybridized carbons (Fsp3) is 0.143. The van der Waals surface area contributed by atoms with Gasteiger partial charge in [0.15, 0.2) is 6.61 Å². The molecule has 0 aliphatic rings. The van der Waals surface area contributed by atoms with Gasteiger partial charge in [-0.2, -0.15) is 0 Å². The Morgan fingerprint density at radius 1 is 1.25 bits per heavy atom. The number of amides is 1. The molecule has 20 heavy (non-hydrogen) atoms. The van der Waals surface area contributed by atoms with E-state index >= 15 is 0 Å². The zero-order valence-corrected chi connectivity index (χ0v) is 12.2. The first-order chi connectivity index (χ1) is 9.54. The van der Waals surface area contributed by atoms with E-state index in [9.17, 15) is 9.59 Å². The van der Waals surface area contributed by atoms with Crippen LogP contribution < -0.4 is 5.32 Å². The lowest BCUT2D eigenvalue weighted by Gasteiger charge is -2.08. The van der Waals surface area contributed by atoms with E-state index in [0.29, 0.717) is 15.7 Å². The number of hydrogen-bond acceptors (Lipinski definition) is 3. The summed E-state index contributed by atoms with van der Waals surface area (Å²) in [6.07, 6.45) is 6.17. The monoisotopic (exact) mass is 313 g/mol. The van der Waals surface area contributed by atoms with Crippen LogP contribution in [0.3, 0.4) is 0 Å². The zero-order valence-electron chi connectivity index (χ0n) is 10.7. The van der Waals surface area contributed by atoms with Crippen molar-refractivity contribution in [3.8, 4) is 0 Å². The van der Waals surface area contributed by atoms with Gasteiger partial charge in [-0.05, 0) is 19.1 Å². The summed E-state index contributed by atoms with van der Waals surface area (Å²) in [4.78, 5) is 22.8. The number of para-hydroxylation sites is 1. The normalized spacial score (nSPS) is 10.9. The fourth-order valence-electron chi connectivity index (χ4n) is 1.22. The second-order valence-electron chi connectivity index (χ2n) is 3.64. The van der Waals surface area contributed by atoms with Gasteiger partial charge in [-0.3, -0.25) is 4.79 Å². The van der Waals surface area contributed by atoms with E-state index in [1.165, 1.54) is 12.2 Å². The van der Waals surface area contributed by atoms with Crippen LogP contribution in [0.2, 0.25) is 10.0 Å². The first kappa shape index (κ1) is 16.3. The number of ether oxygens (including phenoxy) is 1. The van der Waals surface area contributed by atoms with E-state index in [-0.39, 0.29) is 0 Å². The number of rotatable bonds is 5. The van der Waals surface area contributed by atoms with Crippen LogP contribution in [0.25, 0.3) is 0 Å². The van der Waals surface area contributed by atoms with E-state index in [0.717, 1.165) is 0 Å². The summed E-state index contributed by atoms with van der Waals surface area (Å²) in [7, 11) is 0. The van der Waals surface area contributed by atoms with E-state index in [1.54, 1.807) is 30.4 Å². The summed E-state index contributed by atoms with van der Waals surface area (Å²) in [6, 6.07) is 4.84. The van der Waals surface area contributed by atoms with Gasteiger partial charge in [0.25, 0.3) is 5.91 Å². The van der Waals surface area contributed by atoms with Crippen molar-refractivity contribution in [3.05, 3.63) is 52.5 Å². The number of carbonyl (C=O) groups excluding carboxylic acids is 2. The van der Waals surface area contributed by atoms with Crippen molar-refractivity contribution >= 4 is 40.8 Å². The molecular weight excluding hydrogens is 301 g/mol. The molecule has 1 N–H and O–H groups in total. The highest BCUT2D eigenvalue weighted by atomic mass is 35.5. The van der Waals surface area contributed by atoms with Gasteiger partial charge in [0, 0.05) is 6.08 Å². The molecule has 0 radical (unpaired) electrons. The molecule has 0 spiro atoms. The van der Waals surface area contributed by atoms with Crippen molar-refractivity contribution in [1.82, 2.24) is 0 Å². The van der Waals surface area contributed by atoms with Crippen LogP contribution >= 0.6 is 23.2 Å².